The number of ether oxygens (including phenoxy) is 1. The third-order valence-electron chi connectivity index (χ3n) is 10.8. The maximum absolute atomic E-state index is 14.0. The number of nitrogens with one attached hydrogen (secondary N) is 3. The minimum atomic E-state index is -1.29. The predicted molar refractivity (Wildman–Crippen MR) is 182 cm³/mol. The van der Waals surface area contributed by atoms with Crippen LogP contribution in [0.5, 0.6) is 5.75 Å². The Hall–Kier alpha value is -5.68. The molecule has 1 aliphatic carbocycles. The molecule has 5 aromatic rings. The normalized spacial score (nSPS) is 23.7. The second-order valence-electron chi connectivity index (χ2n) is 14.1. The molecule has 4 N–H and O–H groups in total. The monoisotopic (exact) mass is 667 g/mol. The van der Waals surface area contributed by atoms with Gasteiger partial charge in [-0.05, 0) is 47.6 Å². The number of hydrogen-bond acceptors (Lipinski definition) is 9. The lowest BCUT2D eigenvalue weighted by atomic mass is 9.72. The number of hydrogen-bond donors (Lipinski definition) is 4. The van der Waals surface area contributed by atoms with E-state index in [1.807, 2.05) is 32.0 Å². The highest BCUT2D eigenvalue weighted by Crippen LogP contribution is 2.61. The van der Waals surface area contributed by atoms with Gasteiger partial charge in [-0.2, -0.15) is 0 Å². The van der Waals surface area contributed by atoms with Gasteiger partial charge >= 0.3 is 0 Å². The van der Waals surface area contributed by atoms with E-state index in [0.717, 1.165) is 51.1 Å². The Balaban J connectivity index is 1.30. The summed E-state index contributed by atoms with van der Waals surface area (Å²) in [4.78, 5) is 36.6. The quantitative estimate of drug-likeness (QED) is 0.208. The molecule has 0 radical (unpaired) electrons. The number of fused-ring (bicyclic) bond motifs is 7. The molecule has 2 aromatic heterocycles. The maximum atomic E-state index is 14.0. The average Bonchev–Trinajstić information content (AvgIpc) is 3.92. The largest absolute Gasteiger partial charge is 0.469 e. The number of carbonyl (C=O) groups is 2. The standard InChI is InChI=1S/C39H33N5O6/c1-17(2)30-37-43-32-33(50-37)39-24-9-5-8-22(21-7-4-6-20-11-12-23(29(20)21)28-16-40-36(32)48-28)31(24)44-38(39)49-27-13-10-19(14-25(27)39)15-26(35(47)42-30)41-34(46)18(3)45/h4-10,12-14,16-18,26,30,38,44-45H,11,15H2,1-3H3,(H,41,46)(H,42,47)/t18-,26?,30-,38-,39?/m0/s1. The highest BCUT2D eigenvalue weighted by molar-refractivity contribution is 5.97. The number of aromatic nitrogens is 2. The molecule has 3 aromatic carbocycles. The van der Waals surface area contributed by atoms with Gasteiger partial charge in [-0.25, -0.2) is 9.97 Å². The zero-order valence-electron chi connectivity index (χ0n) is 27.5. The summed E-state index contributed by atoms with van der Waals surface area (Å²) in [5, 5.41) is 19.7. The number of rotatable bonds is 3. The van der Waals surface area contributed by atoms with Crippen LogP contribution in [0, 0.1) is 5.92 Å². The molecule has 2 amide bonds. The van der Waals surface area contributed by atoms with Crippen molar-refractivity contribution >= 4 is 23.1 Å². The van der Waals surface area contributed by atoms with E-state index in [2.05, 4.69) is 58.4 Å². The second kappa shape index (κ2) is 10.2. The first kappa shape index (κ1) is 29.3. The predicted octanol–water partition coefficient (Wildman–Crippen LogP) is 5.01. The Bertz CT molecular complexity index is 2330. The number of benzene rings is 3. The average molecular weight is 668 g/mol. The van der Waals surface area contributed by atoms with E-state index < -0.39 is 41.6 Å². The minimum absolute atomic E-state index is 0.157. The Kier molecular flexibility index (Phi) is 5.95. The Morgan fingerprint density at radius 3 is 2.72 bits per heavy atom. The van der Waals surface area contributed by atoms with Gasteiger partial charge < -0.3 is 34.6 Å². The summed E-state index contributed by atoms with van der Waals surface area (Å²) >= 11 is 0. The van der Waals surface area contributed by atoms with Crippen LogP contribution in [0.15, 0.2) is 75.7 Å². The first-order valence-electron chi connectivity index (χ1n) is 17.0. The SMILES string of the molecule is CC(C)[C@@H]1NC(=O)C(NC(=O)[C@H](C)O)Cc2ccc3c(c2)C24c5cccc(c5N[C@H]2O3)-c2cccc3c2C(=CC3)c2cnc(o2)-c2nc1oc24. The number of aliphatic hydroxyl groups excluding tert-OH is 1. The van der Waals surface area contributed by atoms with Gasteiger partial charge in [0.15, 0.2) is 23.4 Å². The van der Waals surface area contributed by atoms with Crippen molar-refractivity contribution in [1.29, 1.82) is 0 Å². The van der Waals surface area contributed by atoms with Gasteiger partial charge in [-0.3, -0.25) is 9.59 Å². The first-order chi connectivity index (χ1) is 24.2. The summed E-state index contributed by atoms with van der Waals surface area (Å²) in [7, 11) is 0. The number of carbonyl (C=O) groups excluding carboxylic acids is 2. The molecule has 5 atom stereocenters. The molecule has 250 valence electrons. The molecule has 0 fully saturated rings. The molecule has 2 unspecified atom stereocenters. The summed E-state index contributed by atoms with van der Waals surface area (Å²) < 4.78 is 20.4. The van der Waals surface area contributed by atoms with Crippen LogP contribution in [0.3, 0.4) is 0 Å². The molecule has 11 nitrogen and oxygen atoms in total. The van der Waals surface area contributed by atoms with Crippen LogP contribution in [0.1, 0.15) is 72.0 Å². The minimum Gasteiger partial charge on any atom is -0.469 e. The fourth-order valence-electron chi connectivity index (χ4n) is 8.40. The van der Waals surface area contributed by atoms with Crippen molar-refractivity contribution in [2.75, 3.05) is 5.32 Å². The molecule has 11 heteroatoms. The van der Waals surface area contributed by atoms with E-state index in [9.17, 15) is 14.7 Å². The van der Waals surface area contributed by atoms with Gasteiger partial charge in [0.2, 0.25) is 23.6 Å². The molecule has 5 aliphatic rings. The molecule has 1 spiro atoms. The maximum Gasteiger partial charge on any atom is 0.249 e. The van der Waals surface area contributed by atoms with Crippen LogP contribution >= 0.6 is 0 Å². The molecule has 10 rings (SSSR count). The highest BCUT2D eigenvalue weighted by atomic mass is 16.5. The summed E-state index contributed by atoms with van der Waals surface area (Å²) in [6.45, 7) is 5.31. The molecule has 0 saturated heterocycles. The van der Waals surface area contributed by atoms with Gasteiger partial charge in [0.25, 0.3) is 0 Å². The topological polar surface area (TPSA) is 152 Å². The smallest absolute Gasteiger partial charge is 0.249 e. The van der Waals surface area contributed by atoms with E-state index in [-0.39, 0.29) is 18.2 Å². The number of para-hydroxylation sites is 1. The summed E-state index contributed by atoms with van der Waals surface area (Å²) in [6.07, 6.45) is 2.97. The second-order valence-corrected chi connectivity index (χ2v) is 14.1. The van der Waals surface area contributed by atoms with E-state index in [1.54, 1.807) is 6.20 Å². The number of nitrogens with zero attached hydrogens (tertiary/aromatic N) is 2. The summed E-state index contributed by atoms with van der Waals surface area (Å²) in [5.41, 5.74) is 8.29. The van der Waals surface area contributed by atoms with Crippen LogP contribution < -0.4 is 20.7 Å². The molecular weight excluding hydrogens is 634 g/mol. The molecule has 4 aliphatic heterocycles. The van der Waals surface area contributed by atoms with Crippen LogP contribution in [0.2, 0.25) is 0 Å². The third-order valence-corrected chi connectivity index (χ3v) is 10.8. The summed E-state index contributed by atoms with van der Waals surface area (Å²) in [5.74, 6) is 1.14. The Morgan fingerprint density at radius 1 is 1.04 bits per heavy atom. The lowest BCUT2D eigenvalue weighted by molar-refractivity contribution is -0.133. The Labute approximate surface area is 286 Å². The first-order valence-corrected chi connectivity index (χ1v) is 17.0. The van der Waals surface area contributed by atoms with Crippen molar-refractivity contribution in [3.05, 3.63) is 112 Å². The number of amides is 2. The van der Waals surface area contributed by atoms with Crippen LogP contribution in [0.25, 0.3) is 28.3 Å². The number of aliphatic hydroxyl groups is 1. The fraction of sp³-hybridized carbons (Fsp3) is 0.282. The Morgan fingerprint density at radius 2 is 1.88 bits per heavy atom. The van der Waals surface area contributed by atoms with E-state index in [0.29, 0.717) is 28.9 Å². The van der Waals surface area contributed by atoms with Crippen molar-refractivity contribution < 1.29 is 28.3 Å². The van der Waals surface area contributed by atoms with Crippen LogP contribution in [-0.4, -0.2) is 45.3 Å². The lowest BCUT2D eigenvalue weighted by Crippen LogP contribution is -2.51. The van der Waals surface area contributed by atoms with Crippen molar-refractivity contribution in [3.63, 3.8) is 0 Å². The van der Waals surface area contributed by atoms with Gasteiger partial charge in [0.05, 0.1) is 6.20 Å². The van der Waals surface area contributed by atoms with Crippen LogP contribution in [0.4, 0.5) is 5.69 Å². The van der Waals surface area contributed by atoms with Crippen molar-refractivity contribution in [1.82, 2.24) is 20.6 Å². The summed E-state index contributed by atoms with van der Waals surface area (Å²) in [6, 6.07) is 16.9. The van der Waals surface area contributed by atoms with Gasteiger partial charge in [0, 0.05) is 34.4 Å². The molecule has 50 heavy (non-hydrogen) atoms. The van der Waals surface area contributed by atoms with Gasteiger partial charge in [-0.15, -0.1) is 0 Å². The molecule has 6 heterocycles. The fourth-order valence-corrected chi connectivity index (χ4v) is 8.40. The third kappa shape index (κ3) is 3.83. The number of anilines is 1. The van der Waals surface area contributed by atoms with E-state index in [1.165, 1.54) is 12.5 Å². The zero-order valence-corrected chi connectivity index (χ0v) is 27.5. The molecular formula is C39H33N5O6. The van der Waals surface area contributed by atoms with Crippen molar-refractivity contribution in [3.8, 4) is 28.5 Å². The highest BCUT2D eigenvalue weighted by Gasteiger charge is 2.61. The van der Waals surface area contributed by atoms with Gasteiger partial charge in [-0.1, -0.05) is 68.5 Å². The molecule has 10 bridgehead atoms. The lowest BCUT2D eigenvalue weighted by Gasteiger charge is -2.29. The molecule has 0 saturated carbocycles. The van der Waals surface area contributed by atoms with Crippen molar-refractivity contribution in [2.24, 2.45) is 5.92 Å². The van der Waals surface area contributed by atoms with Crippen LogP contribution in [-0.2, 0) is 27.8 Å². The number of allylic oxidation sites excluding steroid dienone is 1. The van der Waals surface area contributed by atoms with Crippen molar-refractivity contribution in [2.45, 2.75) is 63.4 Å². The zero-order chi connectivity index (χ0) is 34.1. The van der Waals surface area contributed by atoms with E-state index in [4.69, 9.17) is 23.5 Å². The number of oxazole rings is 2. The van der Waals surface area contributed by atoms with E-state index >= 15 is 0 Å². The van der Waals surface area contributed by atoms with Gasteiger partial charge in [0.1, 0.15) is 29.4 Å².